The SMILES string of the molecule is COc1cccc(CN2C(=O)NC(c3ccc(SC)cc3)C(c3nc(-c4ccccc4)no3)=C2C)c1. The highest BCUT2D eigenvalue weighted by Gasteiger charge is 2.35. The van der Waals surface area contributed by atoms with Crippen LogP contribution in [0.15, 0.2) is 94.0 Å². The summed E-state index contributed by atoms with van der Waals surface area (Å²) in [6.07, 6.45) is 2.03. The molecule has 0 radical (unpaired) electrons. The van der Waals surface area contributed by atoms with E-state index < -0.39 is 6.04 Å². The highest BCUT2D eigenvalue weighted by Crippen LogP contribution is 2.38. The summed E-state index contributed by atoms with van der Waals surface area (Å²) in [7, 11) is 1.63. The molecule has 7 nitrogen and oxygen atoms in total. The standard InChI is InChI=1S/C28H26N4O3S/c1-18-24(27-30-26(31-35-27)21-9-5-4-6-10-21)25(20-12-14-23(36-3)15-13-20)29-28(33)32(18)17-19-8-7-11-22(16-19)34-2/h4-16,25H,17H2,1-3H3,(H,29,33). The van der Waals surface area contributed by atoms with Crippen molar-refractivity contribution in [2.75, 3.05) is 13.4 Å². The monoisotopic (exact) mass is 498 g/mol. The van der Waals surface area contributed by atoms with Crippen molar-refractivity contribution in [1.82, 2.24) is 20.4 Å². The fourth-order valence-corrected chi connectivity index (χ4v) is 4.69. The smallest absolute Gasteiger partial charge is 0.322 e. The van der Waals surface area contributed by atoms with Crippen molar-refractivity contribution in [2.45, 2.75) is 24.4 Å². The van der Waals surface area contributed by atoms with Gasteiger partial charge >= 0.3 is 6.03 Å². The number of aromatic nitrogens is 2. The summed E-state index contributed by atoms with van der Waals surface area (Å²) < 4.78 is 11.1. The van der Waals surface area contributed by atoms with E-state index in [-0.39, 0.29) is 6.03 Å². The number of amides is 2. The van der Waals surface area contributed by atoms with E-state index in [1.165, 1.54) is 0 Å². The molecule has 1 atom stereocenters. The molecular formula is C28H26N4O3S. The topological polar surface area (TPSA) is 80.5 Å². The number of nitrogens with zero attached hydrogens (tertiary/aromatic N) is 3. The number of benzene rings is 3. The second kappa shape index (κ2) is 10.3. The van der Waals surface area contributed by atoms with Crippen LogP contribution in [0.3, 0.4) is 0 Å². The molecule has 182 valence electrons. The molecule has 0 saturated heterocycles. The zero-order valence-corrected chi connectivity index (χ0v) is 21.1. The summed E-state index contributed by atoms with van der Waals surface area (Å²) in [5, 5.41) is 7.39. The van der Waals surface area contributed by atoms with E-state index in [2.05, 4.69) is 10.5 Å². The number of methoxy groups -OCH3 is 1. The molecule has 0 aliphatic carbocycles. The van der Waals surface area contributed by atoms with E-state index in [1.807, 2.05) is 92.0 Å². The van der Waals surface area contributed by atoms with Gasteiger partial charge in [0.1, 0.15) is 5.75 Å². The maximum absolute atomic E-state index is 13.4. The Balaban J connectivity index is 1.58. The number of hydrogen-bond donors (Lipinski definition) is 1. The van der Waals surface area contributed by atoms with Gasteiger partial charge in [0.25, 0.3) is 5.89 Å². The Hall–Kier alpha value is -4.04. The molecule has 1 N–H and O–H groups in total. The highest BCUT2D eigenvalue weighted by molar-refractivity contribution is 7.98. The third-order valence-electron chi connectivity index (χ3n) is 6.21. The number of rotatable bonds is 7. The van der Waals surface area contributed by atoms with Gasteiger partial charge < -0.3 is 14.6 Å². The summed E-state index contributed by atoms with van der Waals surface area (Å²) >= 11 is 1.67. The molecule has 1 aromatic heterocycles. The lowest BCUT2D eigenvalue weighted by atomic mass is 9.94. The Morgan fingerprint density at radius 2 is 1.83 bits per heavy atom. The van der Waals surface area contributed by atoms with Gasteiger partial charge in [-0.05, 0) is 48.6 Å². The molecule has 0 bridgehead atoms. The molecule has 36 heavy (non-hydrogen) atoms. The average Bonchev–Trinajstić information content (AvgIpc) is 3.41. The number of nitrogens with one attached hydrogen (secondary N) is 1. The molecule has 0 fully saturated rings. The molecule has 1 unspecified atom stereocenters. The molecule has 2 amide bonds. The highest BCUT2D eigenvalue weighted by atomic mass is 32.2. The minimum absolute atomic E-state index is 0.194. The van der Waals surface area contributed by atoms with Gasteiger partial charge in [-0.25, -0.2) is 4.79 Å². The van der Waals surface area contributed by atoms with Gasteiger partial charge in [0.2, 0.25) is 5.82 Å². The molecule has 0 saturated carbocycles. The Morgan fingerprint density at radius 1 is 1.06 bits per heavy atom. The number of hydrogen-bond acceptors (Lipinski definition) is 6. The molecule has 1 aliphatic heterocycles. The van der Waals surface area contributed by atoms with E-state index in [9.17, 15) is 4.79 Å². The minimum Gasteiger partial charge on any atom is -0.497 e. The number of carbonyl (C=O) groups is 1. The molecule has 0 spiro atoms. The van der Waals surface area contributed by atoms with Crippen LogP contribution >= 0.6 is 11.8 Å². The Morgan fingerprint density at radius 3 is 2.56 bits per heavy atom. The number of urea groups is 1. The number of thioether (sulfide) groups is 1. The first kappa shape index (κ1) is 23.7. The third kappa shape index (κ3) is 4.72. The second-order valence-corrected chi connectivity index (χ2v) is 9.26. The Labute approximate surface area is 214 Å². The summed E-state index contributed by atoms with van der Waals surface area (Å²) in [5.74, 6) is 1.61. The Kier molecular flexibility index (Phi) is 6.77. The third-order valence-corrected chi connectivity index (χ3v) is 6.95. The van der Waals surface area contributed by atoms with Crippen LogP contribution in [-0.4, -0.2) is 34.4 Å². The van der Waals surface area contributed by atoms with Crippen LogP contribution in [0.2, 0.25) is 0 Å². The average molecular weight is 499 g/mol. The lowest BCUT2D eigenvalue weighted by Crippen LogP contribution is -2.45. The Bertz CT molecular complexity index is 1400. The lowest BCUT2D eigenvalue weighted by molar-refractivity contribution is 0.203. The van der Waals surface area contributed by atoms with Crippen LogP contribution in [0.25, 0.3) is 17.0 Å². The van der Waals surface area contributed by atoms with E-state index in [0.29, 0.717) is 18.3 Å². The van der Waals surface area contributed by atoms with Crippen LogP contribution in [0, 0.1) is 0 Å². The predicted octanol–water partition coefficient (Wildman–Crippen LogP) is 6.16. The molecule has 2 heterocycles. The van der Waals surface area contributed by atoms with Crippen LogP contribution in [-0.2, 0) is 6.54 Å². The van der Waals surface area contributed by atoms with Crippen molar-refractivity contribution in [3.63, 3.8) is 0 Å². The van der Waals surface area contributed by atoms with Gasteiger partial charge in [-0.2, -0.15) is 4.98 Å². The van der Waals surface area contributed by atoms with Gasteiger partial charge in [0, 0.05) is 16.2 Å². The fraction of sp³-hybridized carbons (Fsp3) is 0.179. The number of carbonyl (C=O) groups excluding carboxylic acids is 1. The van der Waals surface area contributed by atoms with Gasteiger partial charge in [-0.15, -0.1) is 11.8 Å². The van der Waals surface area contributed by atoms with Crippen molar-refractivity contribution >= 4 is 23.4 Å². The largest absolute Gasteiger partial charge is 0.497 e. The van der Waals surface area contributed by atoms with Gasteiger partial charge in [0.05, 0.1) is 25.3 Å². The van der Waals surface area contributed by atoms with Gasteiger partial charge in [0.15, 0.2) is 0 Å². The van der Waals surface area contributed by atoms with Crippen LogP contribution in [0.5, 0.6) is 5.75 Å². The van der Waals surface area contributed by atoms with E-state index in [4.69, 9.17) is 14.2 Å². The fourth-order valence-electron chi connectivity index (χ4n) is 4.29. The minimum atomic E-state index is -0.431. The van der Waals surface area contributed by atoms with Crippen LogP contribution in [0.1, 0.15) is 30.0 Å². The van der Waals surface area contributed by atoms with Gasteiger partial charge in [-0.3, -0.25) is 4.90 Å². The van der Waals surface area contributed by atoms with Crippen molar-refractivity contribution < 1.29 is 14.1 Å². The normalized spacial score (nSPS) is 15.7. The van der Waals surface area contributed by atoms with Crippen molar-refractivity contribution in [1.29, 1.82) is 0 Å². The molecule has 5 rings (SSSR count). The number of allylic oxidation sites excluding steroid dienone is 1. The van der Waals surface area contributed by atoms with E-state index in [1.54, 1.807) is 23.8 Å². The van der Waals surface area contributed by atoms with Gasteiger partial charge in [-0.1, -0.05) is 59.8 Å². The zero-order valence-electron chi connectivity index (χ0n) is 20.3. The molecule has 1 aliphatic rings. The first-order valence-electron chi connectivity index (χ1n) is 11.5. The zero-order chi connectivity index (χ0) is 25.1. The quantitative estimate of drug-likeness (QED) is 0.307. The van der Waals surface area contributed by atoms with Crippen molar-refractivity contribution in [2.24, 2.45) is 0 Å². The van der Waals surface area contributed by atoms with Crippen molar-refractivity contribution in [3.8, 4) is 17.1 Å². The molecule has 3 aromatic carbocycles. The first-order chi connectivity index (χ1) is 17.6. The second-order valence-electron chi connectivity index (χ2n) is 8.38. The van der Waals surface area contributed by atoms with E-state index >= 15 is 0 Å². The summed E-state index contributed by atoms with van der Waals surface area (Å²) in [6.45, 7) is 2.29. The summed E-state index contributed by atoms with van der Waals surface area (Å²) in [4.78, 5) is 20.9. The lowest BCUT2D eigenvalue weighted by Gasteiger charge is -2.35. The first-order valence-corrected chi connectivity index (χ1v) is 12.7. The van der Waals surface area contributed by atoms with Crippen molar-refractivity contribution in [3.05, 3.63) is 102 Å². The van der Waals surface area contributed by atoms with Crippen LogP contribution < -0.4 is 10.1 Å². The number of ether oxygens (including phenoxy) is 1. The maximum atomic E-state index is 13.4. The molecule has 8 heteroatoms. The molecular weight excluding hydrogens is 472 g/mol. The predicted molar refractivity (Wildman–Crippen MR) is 140 cm³/mol. The van der Waals surface area contributed by atoms with E-state index in [0.717, 1.165) is 38.6 Å². The maximum Gasteiger partial charge on any atom is 0.322 e. The summed E-state index contributed by atoms with van der Waals surface area (Å²) in [6, 6.07) is 24.9. The molecule has 4 aromatic rings. The summed E-state index contributed by atoms with van der Waals surface area (Å²) in [5.41, 5.74) is 4.27. The van der Waals surface area contributed by atoms with Crippen LogP contribution in [0.4, 0.5) is 4.79 Å².